The van der Waals surface area contributed by atoms with Gasteiger partial charge >= 0.3 is 0 Å². The minimum Gasteiger partial charge on any atom is -0.387 e. The van der Waals surface area contributed by atoms with Crippen molar-refractivity contribution < 1.29 is 14.3 Å². The number of aliphatic hydroxyl groups is 1. The van der Waals surface area contributed by atoms with Crippen molar-refractivity contribution in [2.45, 2.75) is 0 Å². The van der Waals surface area contributed by atoms with Crippen molar-refractivity contribution >= 4 is 11.7 Å². The molecule has 2 heterocycles. The smallest absolute Gasteiger partial charge is 0.248 e. The third-order valence-electron chi connectivity index (χ3n) is 4.02. The van der Waals surface area contributed by atoms with Crippen molar-refractivity contribution in [2.75, 3.05) is 37.7 Å². The van der Waals surface area contributed by atoms with Crippen molar-refractivity contribution in [2.24, 2.45) is 0 Å². The van der Waals surface area contributed by atoms with Crippen molar-refractivity contribution in [1.29, 1.82) is 0 Å². The molecule has 1 aliphatic rings. The van der Waals surface area contributed by atoms with Crippen LogP contribution in [0.4, 0.5) is 10.2 Å². The highest BCUT2D eigenvalue weighted by molar-refractivity contribution is 5.77. The van der Waals surface area contributed by atoms with Gasteiger partial charge in [0.1, 0.15) is 18.2 Å². The molecule has 0 bridgehead atoms. The second-order valence-corrected chi connectivity index (χ2v) is 5.41. The van der Waals surface area contributed by atoms with E-state index in [1.165, 1.54) is 6.07 Å². The number of carbonyl (C=O) groups excluding carboxylic acids is 1. The number of benzene rings is 1. The van der Waals surface area contributed by atoms with E-state index in [-0.39, 0.29) is 11.7 Å². The van der Waals surface area contributed by atoms with E-state index in [0.29, 0.717) is 31.7 Å². The molecule has 0 spiro atoms. The van der Waals surface area contributed by atoms with Gasteiger partial charge in [0.25, 0.3) is 0 Å². The predicted octanol–water partition coefficient (Wildman–Crippen LogP) is 1.53. The topological polar surface area (TPSA) is 56.7 Å². The van der Waals surface area contributed by atoms with Crippen LogP contribution < -0.4 is 4.90 Å². The Morgan fingerprint density at radius 1 is 1.13 bits per heavy atom. The Kier molecular flexibility index (Phi) is 4.52. The molecule has 1 saturated heterocycles. The second-order valence-electron chi connectivity index (χ2n) is 5.41. The van der Waals surface area contributed by atoms with Gasteiger partial charge in [0.2, 0.25) is 5.91 Å². The van der Waals surface area contributed by atoms with Gasteiger partial charge in [-0.15, -0.1) is 0 Å². The molecule has 3 rings (SSSR count). The maximum Gasteiger partial charge on any atom is 0.248 e. The van der Waals surface area contributed by atoms with Gasteiger partial charge in [-0.1, -0.05) is 18.2 Å². The Morgan fingerprint density at radius 3 is 2.48 bits per heavy atom. The van der Waals surface area contributed by atoms with Crippen LogP contribution in [0.25, 0.3) is 11.1 Å². The average molecular weight is 315 g/mol. The van der Waals surface area contributed by atoms with Crippen molar-refractivity contribution in [3.05, 3.63) is 48.4 Å². The minimum absolute atomic E-state index is 0.243. The van der Waals surface area contributed by atoms with E-state index >= 15 is 0 Å². The summed E-state index contributed by atoms with van der Waals surface area (Å²) in [5, 5.41) is 8.88. The lowest BCUT2D eigenvalue weighted by Gasteiger charge is -2.35. The molecule has 0 saturated carbocycles. The average Bonchev–Trinajstić information content (AvgIpc) is 2.62. The maximum atomic E-state index is 13.8. The van der Waals surface area contributed by atoms with Crippen molar-refractivity contribution in [1.82, 2.24) is 9.88 Å². The molecule has 0 unspecified atom stereocenters. The predicted molar refractivity (Wildman–Crippen MR) is 85.5 cm³/mol. The van der Waals surface area contributed by atoms with E-state index in [2.05, 4.69) is 9.88 Å². The van der Waals surface area contributed by atoms with Crippen LogP contribution in [0, 0.1) is 5.82 Å². The van der Waals surface area contributed by atoms with Crippen LogP contribution in [0.15, 0.2) is 42.6 Å². The highest BCUT2D eigenvalue weighted by atomic mass is 19.1. The lowest BCUT2D eigenvalue weighted by Crippen LogP contribution is -2.49. The number of carbonyl (C=O) groups is 1. The van der Waals surface area contributed by atoms with Crippen LogP contribution in [-0.2, 0) is 4.79 Å². The van der Waals surface area contributed by atoms with E-state index in [4.69, 9.17) is 5.11 Å². The van der Waals surface area contributed by atoms with Crippen molar-refractivity contribution in [3.8, 4) is 11.1 Å². The first-order chi connectivity index (χ1) is 11.2. The fraction of sp³-hybridized carbons (Fsp3) is 0.294. The quantitative estimate of drug-likeness (QED) is 0.933. The van der Waals surface area contributed by atoms with Gasteiger partial charge in [-0.05, 0) is 18.2 Å². The number of rotatable bonds is 3. The number of hydrogen-bond acceptors (Lipinski definition) is 4. The molecule has 0 aliphatic carbocycles. The summed E-state index contributed by atoms with van der Waals surface area (Å²) < 4.78 is 13.8. The second kappa shape index (κ2) is 6.75. The van der Waals surface area contributed by atoms with Gasteiger partial charge in [0.05, 0.1) is 0 Å². The normalized spacial score (nSPS) is 14.9. The first-order valence-electron chi connectivity index (χ1n) is 7.53. The summed E-state index contributed by atoms with van der Waals surface area (Å²) in [7, 11) is 0. The maximum absolute atomic E-state index is 13.8. The Morgan fingerprint density at radius 2 is 1.87 bits per heavy atom. The first-order valence-corrected chi connectivity index (χ1v) is 7.53. The Hall–Kier alpha value is -2.47. The van der Waals surface area contributed by atoms with Crippen LogP contribution >= 0.6 is 0 Å². The number of amides is 1. The van der Waals surface area contributed by atoms with Crippen LogP contribution in [0.2, 0.25) is 0 Å². The highest BCUT2D eigenvalue weighted by Gasteiger charge is 2.21. The molecule has 5 nitrogen and oxygen atoms in total. The lowest BCUT2D eigenvalue weighted by atomic mass is 10.1. The molecule has 1 aliphatic heterocycles. The Bertz CT molecular complexity index is 682. The third-order valence-corrected chi connectivity index (χ3v) is 4.02. The number of nitrogens with zero attached hydrogens (tertiary/aromatic N) is 3. The number of aliphatic hydroxyl groups excluding tert-OH is 1. The molecule has 120 valence electrons. The molecule has 1 amide bonds. The molecule has 1 N–H and O–H groups in total. The minimum atomic E-state index is -0.449. The molecular formula is C17H18FN3O2. The number of aromatic nitrogens is 1. The molecular weight excluding hydrogens is 297 g/mol. The largest absolute Gasteiger partial charge is 0.387 e. The van der Waals surface area contributed by atoms with E-state index in [1.807, 2.05) is 12.1 Å². The van der Waals surface area contributed by atoms with Crippen LogP contribution in [0.1, 0.15) is 0 Å². The van der Waals surface area contributed by atoms with Gasteiger partial charge < -0.3 is 14.9 Å². The summed E-state index contributed by atoms with van der Waals surface area (Å²) in [6, 6.07) is 10.3. The van der Waals surface area contributed by atoms with Crippen LogP contribution in [0.5, 0.6) is 0 Å². The SMILES string of the molecule is O=C(CO)N1CCN(c2ccc(-c3ccccc3F)cn2)CC1. The number of anilines is 1. The third kappa shape index (κ3) is 3.32. The summed E-state index contributed by atoms with van der Waals surface area (Å²) in [5.41, 5.74) is 1.27. The zero-order chi connectivity index (χ0) is 16.2. The van der Waals surface area contributed by atoms with Gasteiger partial charge in [-0.2, -0.15) is 0 Å². The molecule has 1 aromatic carbocycles. The summed E-state index contributed by atoms with van der Waals surface area (Å²) >= 11 is 0. The van der Waals surface area contributed by atoms with Crippen molar-refractivity contribution in [3.63, 3.8) is 0 Å². The fourth-order valence-corrected chi connectivity index (χ4v) is 2.71. The van der Waals surface area contributed by atoms with Gasteiger partial charge in [-0.3, -0.25) is 4.79 Å². The summed E-state index contributed by atoms with van der Waals surface area (Å²) in [6.45, 7) is 2.01. The molecule has 6 heteroatoms. The zero-order valence-corrected chi connectivity index (χ0v) is 12.7. The van der Waals surface area contributed by atoms with Crippen LogP contribution in [0.3, 0.4) is 0 Å². The summed E-state index contributed by atoms with van der Waals surface area (Å²) in [5.74, 6) is 0.298. The first kappa shape index (κ1) is 15.4. The van der Waals surface area contributed by atoms with E-state index in [0.717, 1.165) is 11.4 Å². The standard InChI is InChI=1S/C17H18FN3O2/c18-15-4-2-1-3-14(15)13-5-6-16(19-11-13)20-7-9-21(10-8-20)17(23)12-22/h1-6,11,22H,7-10,12H2. The molecule has 23 heavy (non-hydrogen) atoms. The van der Waals surface area contributed by atoms with E-state index in [1.54, 1.807) is 29.3 Å². The lowest BCUT2D eigenvalue weighted by molar-refractivity contribution is -0.134. The number of halogens is 1. The molecule has 0 radical (unpaired) electrons. The van der Waals surface area contributed by atoms with E-state index in [9.17, 15) is 9.18 Å². The zero-order valence-electron chi connectivity index (χ0n) is 12.7. The fourth-order valence-electron chi connectivity index (χ4n) is 2.71. The Labute approximate surface area is 134 Å². The molecule has 1 aromatic heterocycles. The molecule has 1 fully saturated rings. The number of pyridine rings is 1. The van der Waals surface area contributed by atoms with Gasteiger partial charge in [0, 0.05) is 43.5 Å². The summed E-state index contributed by atoms with van der Waals surface area (Å²) in [6.07, 6.45) is 1.67. The Balaban J connectivity index is 1.69. The van der Waals surface area contributed by atoms with Gasteiger partial charge in [0.15, 0.2) is 0 Å². The monoisotopic (exact) mass is 315 g/mol. The molecule has 0 atom stereocenters. The number of hydrogen-bond donors (Lipinski definition) is 1. The highest BCUT2D eigenvalue weighted by Crippen LogP contribution is 2.23. The molecule has 2 aromatic rings. The van der Waals surface area contributed by atoms with Gasteiger partial charge in [-0.25, -0.2) is 9.37 Å². The van der Waals surface area contributed by atoms with Crippen LogP contribution in [-0.4, -0.2) is 53.7 Å². The summed E-state index contributed by atoms with van der Waals surface area (Å²) in [4.78, 5) is 19.6. The van der Waals surface area contributed by atoms with E-state index < -0.39 is 6.61 Å². The number of piperazine rings is 1.